The van der Waals surface area contributed by atoms with Crippen LogP contribution in [-0.2, 0) is 14.1 Å². The number of hydrogen-bond donors (Lipinski definition) is 2. The van der Waals surface area contributed by atoms with Crippen molar-refractivity contribution < 1.29 is 19.2 Å². The van der Waals surface area contributed by atoms with Gasteiger partial charge in [-0.05, 0) is 18.8 Å². The molecule has 3 N–H and O–H groups in total. The second kappa shape index (κ2) is 4.96. The Kier molecular flexibility index (Phi) is 3.80. The first-order valence-electron chi connectivity index (χ1n) is 5.60. The number of ether oxygens (including phenoxy) is 1. The Morgan fingerprint density at radius 1 is 1.69 bits per heavy atom. The predicted molar refractivity (Wildman–Crippen MR) is 60.1 cm³/mol. The van der Waals surface area contributed by atoms with Gasteiger partial charge >= 0.3 is 5.97 Å². The van der Waals surface area contributed by atoms with Crippen molar-refractivity contribution in [2.75, 3.05) is 0 Å². The lowest BCUT2D eigenvalue weighted by atomic mass is 9.88. The fraction of sp³-hybridized carbons (Fsp3) is 0.900. The zero-order chi connectivity index (χ0) is 11.7. The van der Waals surface area contributed by atoms with Crippen LogP contribution >= 0.6 is 9.47 Å². The molecule has 0 aromatic heterocycles. The molecule has 1 aliphatic heterocycles. The molecular formula is C10H18NO4P. The molecule has 0 aromatic rings. The highest BCUT2D eigenvalue weighted by Gasteiger charge is 2.49. The Bertz CT molecular complexity index is 274. The van der Waals surface area contributed by atoms with Crippen LogP contribution in [0.25, 0.3) is 0 Å². The van der Waals surface area contributed by atoms with Gasteiger partial charge in [-0.2, -0.15) is 0 Å². The average Bonchev–Trinajstić information content (AvgIpc) is 2.70. The summed E-state index contributed by atoms with van der Waals surface area (Å²) in [7, 11) is 2.27. The second-order valence-corrected chi connectivity index (χ2v) is 4.89. The predicted octanol–water partition coefficient (Wildman–Crippen LogP) is 0.171. The molecule has 1 aliphatic carbocycles. The lowest BCUT2D eigenvalue weighted by Crippen LogP contribution is -2.25. The number of fused-ring (bicyclic) bond motifs is 1. The molecule has 2 fully saturated rings. The number of esters is 1. The van der Waals surface area contributed by atoms with Gasteiger partial charge in [-0.15, -0.1) is 0 Å². The fourth-order valence-electron chi connectivity index (χ4n) is 2.88. The molecule has 6 heteroatoms. The van der Waals surface area contributed by atoms with Crippen molar-refractivity contribution in [1.82, 2.24) is 0 Å². The fourth-order valence-corrected chi connectivity index (χ4v) is 3.19. The molecule has 1 unspecified atom stereocenters. The summed E-state index contributed by atoms with van der Waals surface area (Å²) in [6.07, 6.45) is 1.83. The smallest absolute Gasteiger partial charge is 0.306 e. The zero-order valence-electron chi connectivity index (χ0n) is 9.04. The Hall–Kier alpha value is -0.220. The number of hydrogen-bond acceptors (Lipinski definition) is 5. The van der Waals surface area contributed by atoms with Gasteiger partial charge in [0, 0.05) is 21.8 Å². The van der Waals surface area contributed by atoms with Crippen molar-refractivity contribution in [3.63, 3.8) is 0 Å². The van der Waals surface area contributed by atoms with E-state index in [0.29, 0.717) is 12.8 Å². The largest absolute Gasteiger partial charge is 0.462 e. The third-order valence-corrected chi connectivity index (χ3v) is 3.97. The molecule has 16 heavy (non-hydrogen) atoms. The van der Waals surface area contributed by atoms with Crippen LogP contribution in [0.4, 0.5) is 0 Å². The van der Waals surface area contributed by atoms with Crippen molar-refractivity contribution >= 4 is 15.4 Å². The summed E-state index contributed by atoms with van der Waals surface area (Å²) in [6, 6.07) is 0. The van der Waals surface area contributed by atoms with Gasteiger partial charge in [-0.1, -0.05) is 0 Å². The monoisotopic (exact) mass is 247 g/mol. The molecule has 0 radical (unpaired) electrons. The van der Waals surface area contributed by atoms with Crippen molar-refractivity contribution in [2.45, 2.75) is 44.1 Å². The van der Waals surface area contributed by atoms with Crippen LogP contribution in [0.1, 0.15) is 25.7 Å². The molecule has 2 rings (SSSR count). The standard InChI is InChI=1S/C10H18NO4P/c11-9(12)2-1-5-6-3-10(13)14-7(6)4-8(5)15-16/h5-9,12H,1-4,11,16H2/t5-,6-,7+,8-,9-/m1/s1. The van der Waals surface area contributed by atoms with E-state index >= 15 is 0 Å². The average molecular weight is 247 g/mol. The van der Waals surface area contributed by atoms with Crippen LogP contribution in [0.2, 0.25) is 0 Å². The minimum absolute atomic E-state index is 0.00188. The zero-order valence-corrected chi connectivity index (χ0v) is 10.2. The van der Waals surface area contributed by atoms with Crippen LogP contribution in [0.3, 0.4) is 0 Å². The van der Waals surface area contributed by atoms with Crippen molar-refractivity contribution in [3.05, 3.63) is 0 Å². The van der Waals surface area contributed by atoms with E-state index in [4.69, 9.17) is 20.1 Å². The van der Waals surface area contributed by atoms with E-state index in [1.165, 1.54) is 0 Å². The summed E-state index contributed by atoms with van der Waals surface area (Å²) in [5.41, 5.74) is 5.33. The van der Waals surface area contributed by atoms with Gasteiger partial charge in [0.1, 0.15) is 12.3 Å². The van der Waals surface area contributed by atoms with E-state index in [1.54, 1.807) is 0 Å². The molecule has 6 atom stereocenters. The first-order chi connectivity index (χ1) is 7.61. The number of rotatable bonds is 4. The Labute approximate surface area is 97.0 Å². The maximum absolute atomic E-state index is 11.2. The first kappa shape index (κ1) is 12.2. The molecule has 1 saturated carbocycles. The molecular weight excluding hydrogens is 229 g/mol. The van der Waals surface area contributed by atoms with Crippen LogP contribution in [0.5, 0.6) is 0 Å². The first-order valence-corrected chi connectivity index (χ1v) is 6.07. The summed E-state index contributed by atoms with van der Waals surface area (Å²) in [6.45, 7) is 0. The van der Waals surface area contributed by atoms with Crippen molar-refractivity contribution in [3.8, 4) is 0 Å². The molecule has 2 aliphatic rings. The molecule has 0 amide bonds. The SMILES string of the molecule is N[C@H](O)CC[C@@H]1[C@H]2CC(=O)O[C@H]2C[C@H]1OP. The van der Waals surface area contributed by atoms with E-state index in [-0.39, 0.29) is 30.0 Å². The summed E-state index contributed by atoms with van der Waals surface area (Å²) in [4.78, 5) is 11.2. The Morgan fingerprint density at radius 3 is 3.06 bits per heavy atom. The summed E-state index contributed by atoms with van der Waals surface area (Å²) < 4.78 is 10.6. The van der Waals surface area contributed by atoms with Crippen LogP contribution < -0.4 is 5.73 Å². The van der Waals surface area contributed by atoms with Crippen LogP contribution in [0.15, 0.2) is 0 Å². The van der Waals surface area contributed by atoms with Gasteiger partial charge in [0.15, 0.2) is 0 Å². The van der Waals surface area contributed by atoms with Crippen LogP contribution in [0, 0.1) is 11.8 Å². The van der Waals surface area contributed by atoms with Crippen LogP contribution in [-0.4, -0.2) is 29.5 Å². The molecule has 92 valence electrons. The van der Waals surface area contributed by atoms with Gasteiger partial charge in [0.25, 0.3) is 0 Å². The molecule has 1 heterocycles. The lowest BCUT2D eigenvalue weighted by Gasteiger charge is -2.21. The Balaban J connectivity index is 1.98. The minimum atomic E-state index is -0.790. The highest BCUT2D eigenvalue weighted by atomic mass is 31.0. The second-order valence-electron chi connectivity index (χ2n) is 4.62. The maximum Gasteiger partial charge on any atom is 0.306 e. The third-order valence-electron chi connectivity index (χ3n) is 3.63. The number of carbonyl (C=O) groups is 1. The van der Waals surface area contributed by atoms with Gasteiger partial charge in [-0.3, -0.25) is 4.79 Å². The molecule has 1 saturated heterocycles. The summed E-state index contributed by atoms with van der Waals surface area (Å²) >= 11 is 0. The van der Waals surface area contributed by atoms with Crippen molar-refractivity contribution in [1.29, 1.82) is 0 Å². The van der Waals surface area contributed by atoms with Crippen molar-refractivity contribution in [2.24, 2.45) is 17.6 Å². The van der Waals surface area contributed by atoms with E-state index in [0.717, 1.165) is 12.8 Å². The quantitative estimate of drug-likeness (QED) is 0.420. The molecule has 0 aromatic carbocycles. The number of carbonyl (C=O) groups excluding carboxylic acids is 1. The lowest BCUT2D eigenvalue weighted by molar-refractivity contribution is -0.141. The van der Waals surface area contributed by atoms with E-state index in [2.05, 4.69) is 9.47 Å². The number of nitrogens with two attached hydrogens (primary N) is 1. The van der Waals surface area contributed by atoms with E-state index in [9.17, 15) is 4.79 Å². The van der Waals surface area contributed by atoms with Gasteiger partial charge in [0.2, 0.25) is 0 Å². The summed E-state index contributed by atoms with van der Waals surface area (Å²) in [5, 5.41) is 9.10. The molecule has 0 bridgehead atoms. The van der Waals surface area contributed by atoms with E-state index < -0.39 is 6.23 Å². The number of aliphatic hydroxyl groups is 1. The van der Waals surface area contributed by atoms with Gasteiger partial charge in [0.05, 0.1) is 12.5 Å². The molecule has 0 spiro atoms. The van der Waals surface area contributed by atoms with Gasteiger partial charge < -0.3 is 20.1 Å². The van der Waals surface area contributed by atoms with E-state index in [1.807, 2.05) is 0 Å². The highest BCUT2D eigenvalue weighted by Crippen LogP contribution is 2.45. The number of aliphatic hydroxyl groups excluding tert-OH is 1. The maximum atomic E-state index is 11.2. The Morgan fingerprint density at radius 2 is 2.44 bits per heavy atom. The third kappa shape index (κ3) is 2.38. The van der Waals surface area contributed by atoms with Gasteiger partial charge in [-0.25, -0.2) is 0 Å². The minimum Gasteiger partial charge on any atom is -0.462 e. The highest BCUT2D eigenvalue weighted by molar-refractivity contribution is 7.09. The summed E-state index contributed by atoms with van der Waals surface area (Å²) in [5.74, 6) is 0.374. The normalized spacial score (nSPS) is 39.6. The topological polar surface area (TPSA) is 81.8 Å². The molecule has 5 nitrogen and oxygen atoms in total.